The molecule has 86 valence electrons. The predicted octanol–water partition coefficient (Wildman–Crippen LogP) is 0.0277. The molecular formula is C10H13N3O3. The minimum atomic E-state index is -1.18. The lowest BCUT2D eigenvalue weighted by Crippen LogP contribution is -2.40. The highest BCUT2D eigenvalue weighted by Gasteiger charge is 2.19. The topological polar surface area (TPSA) is 104 Å². The van der Waals surface area contributed by atoms with E-state index in [0.29, 0.717) is 5.56 Å². The zero-order chi connectivity index (χ0) is 12.0. The number of carbonyl (C=O) groups excluding carboxylic acids is 1. The van der Waals surface area contributed by atoms with Gasteiger partial charge in [-0.05, 0) is 5.56 Å². The summed E-state index contributed by atoms with van der Waals surface area (Å²) in [5, 5.41) is 10.6. The molecule has 1 unspecified atom stereocenters. The van der Waals surface area contributed by atoms with Gasteiger partial charge in [-0.3, -0.25) is 10.2 Å². The number of benzene rings is 1. The minimum Gasteiger partial charge on any atom is -0.465 e. The molecule has 0 aliphatic rings. The Morgan fingerprint density at radius 1 is 1.31 bits per heavy atom. The van der Waals surface area contributed by atoms with Crippen LogP contribution in [0, 0.1) is 0 Å². The third-order valence-corrected chi connectivity index (χ3v) is 2.12. The molecular weight excluding hydrogens is 210 g/mol. The van der Waals surface area contributed by atoms with Crippen LogP contribution in [0.15, 0.2) is 30.3 Å². The largest absolute Gasteiger partial charge is 0.465 e. The van der Waals surface area contributed by atoms with Gasteiger partial charge in [0.1, 0.15) is 0 Å². The van der Waals surface area contributed by atoms with Crippen molar-refractivity contribution < 1.29 is 14.7 Å². The molecule has 0 fully saturated rings. The molecule has 6 heteroatoms. The summed E-state index contributed by atoms with van der Waals surface area (Å²) in [5.74, 6) is 3.99. The molecule has 0 aromatic heterocycles. The number of hydrazine groups is 1. The molecule has 1 atom stereocenters. The van der Waals surface area contributed by atoms with E-state index in [1.54, 1.807) is 24.3 Å². The van der Waals surface area contributed by atoms with Crippen molar-refractivity contribution in [3.8, 4) is 0 Å². The Morgan fingerprint density at radius 3 is 2.44 bits per heavy atom. The van der Waals surface area contributed by atoms with E-state index in [1.165, 1.54) is 0 Å². The fraction of sp³-hybridized carbons (Fsp3) is 0.200. The van der Waals surface area contributed by atoms with Crippen LogP contribution >= 0.6 is 0 Å². The second-order valence-corrected chi connectivity index (χ2v) is 3.16. The zero-order valence-electron chi connectivity index (χ0n) is 8.51. The van der Waals surface area contributed by atoms with Gasteiger partial charge in [-0.15, -0.1) is 0 Å². The monoisotopic (exact) mass is 223 g/mol. The van der Waals surface area contributed by atoms with Crippen molar-refractivity contribution in [3.63, 3.8) is 0 Å². The van der Waals surface area contributed by atoms with Crippen LogP contribution in [0.3, 0.4) is 0 Å². The van der Waals surface area contributed by atoms with Crippen LogP contribution in [0.1, 0.15) is 11.5 Å². The third kappa shape index (κ3) is 3.25. The number of nitrogens with one attached hydrogen (secondary N) is 2. The Bertz CT molecular complexity index is 367. The highest BCUT2D eigenvalue weighted by molar-refractivity contribution is 5.83. The van der Waals surface area contributed by atoms with Gasteiger partial charge in [-0.2, -0.15) is 0 Å². The summed E-state index contributed by atoms with van der Waals surface area (Å²) in [5.41, 5.74) is 2.72. The smallest absolute Gasteiger partial charge is 0.404 e. The number of nitrogens with two attached hydrogens (primary N) is 1. The lowest BCUT2D eigenvalue weighted by molar-refractivity contribution is -0.122. The second-order valence-electron chi connectivity index (χ2n) is 3.16. The fourth-order valence-corrected chi connectivity index (χ4v) is 1.34. The van der Waals surface area contributed by atoms with Crippen LogP contribution in [0.25, 0.3) is 0 Å². The van der Waals surface area contributed by atoms with Crippen LogP contribution in [0.2, 0.25) is 0 Å². The standard InChI is InChI=1S/C10H13N3O3/c11-13-9(14)8(6-12-10(15)16)7-4-2-1-3-5-7/h1-5,8,12H,6,11H2,(H,13,14)(H,15,16). The Kier molecular flexibility index (Phi) is 4.28. The van der Waals surface area contributed by atoms with E-state index in [9.17, 15) is 9.59 Å². The number of hydrogen-bond acceptors (Lipinski definition) is 3. The quantitative estimate of drug-likeness (QED) is 0.328. The molecule has 0 heterocycles. The highest BCUT2D eigenvalue weighted by atomic mass is 16.4. The molecule has 2 amide bonds. The van der Waals surface area contributed by atoms with Gasteiger partial charge in [0.25, 0.3) is 0 Å². The SMILES string of the molecule is NNC(=O)C(CNC(=O)O)c1ccccc1. The van der Waals surface area contributed by atoms with Gasteiger partial charge < -0.3 is 10.4 Å². The molecule has 0 aliphatic carbocycles. The second kappa shape index (κ2) is 5.72. The van der Waals surface area contributed by atoms with Crippen molar-refractivity contribution >= 4 is 12.0 Å². The lowest BCUT2D eigenvalue weighted by atomic mass is 9.98. The third-order valence-electron chi connectivity index (χ3n) is 2.12. The fourth-order valence-electron chi connectivity index (χ4n) is 1.34. The van der Waals surface area contributed by atoms with Crippen LogP contribution in [-0.4, -0.2) is 23.7 Å². The van der Waals surface area contributed by atoms with E-state index < -0.39 is 17.9 Å². The van der Waals surface area contributed by atoms with Crippen molar-refractivity contribution in [1.82, 2.24) is 10.7 Å². The molecule has 5 N–H and O–H groups in total. The van der Waals surface area contributed by atoms with Gasteiger partial charge in [-0.25, -0.2) is 10.6 Å². The van der Waals surface area contributed by atoms with Crippen LogP contribution in [0.4, 0.5) is 4.79 Å². The zero-order valence-corrected chi connectivity index (χ0v) is 8.51. The maximum absolute atomic E-state index is 11.5. The first-order valence-corrected chi connectivity index (χ1v) is 4.67. The minimum absolute atomic E-state index is 0.0115. The first-order chi connectivity index (χ1) is 7.65. The van der Waals surface area contributed by atoms with E-state index in [2.05, 4.69) is 5.32 Å². The van der Waals surface area contributed by atoms with Crippen molar-refractivity contribution in [2.45, 2.75) is 5.92 Å². The number of amides is 2. The Balaban J connectivity index is 2.79. The Hall–Kier alpha value is -2.08. The first-order valence-electron chi connectivity index (χ1n) is 4.67. The maximum atomic E-state index is 11.5. The van der Waals surface area contributed by atoms with Crippen LogP contribution < -0.4 is 16.6 Å². The number of carboxylic acid groups (broad SMARTS) is 1. The Morgan fingerprint density at radius 2 is 1.94 bits per heavy atom. The van der Waals surface area contributed by atoms with Gasteiger partial charge in [0.2, 0.25) is 5.91 Å². The molecule has 0 radical (unpaired) electrons. The molecule has 0 saturated carbocycles. The molecule has 0 spiro atoms. The normalized spacial score (nSPS) is 11.6. The molecule has 6 nitrogen and oxygen atoms in total. The van der Waals surface area contributed by atoms with Crippen molar-refractivity contribution in [2.75, 3.05) is 6.54 Å². The number of carbonyl (C=O) groups is 2. The molecule has 1 rings (SSSR count). The van der Waals surface area contributed by atoms with Gasteiger partial charge >= 0.3 is 6.09 Å². The van der Waals surface area contributed by atoms with Gasteiger partial charge in [0, 0.05) is 6.54 Å². The molecule has 1 aromatic carbocycles. The summed E-state index contributed by atoms with van der Waals surface area (Å²) in [6.07, 6.45) is -1.18. The predicted molar refractivity (Wildman–Crippen MR) is 57.5 cm³/mol. The van der Waals surface area contributed by atoms with Crippen molar-refractivity contribution in [1.29, 1.82) is 0 Å². The summed E-state index contributed by atoms with van der Waals surface area (Å²) >= 11 is 0. The summed E-state index contributed by atoms with van der Waals surface area (Å²) in [4.78, 5) is 21.8. The lowest BCUT2D eigenvalue weighted by Gasteiger charge is -2.15. The number of rotatable bonds is 4. The summed E-state index contributed by atoms with van der Waals surface area (Å²) in [6.45, 7) is -0.0115. The summed E-state index contributed by atoms with van der Waals surface area (Å²) in [6, 6.07) is 8.83. The maximum Gasteiger partial charge on any atom is 0.404 e. The van der Waals surface area contributed by atoms with Gasteiger partial charge in [-0.1, -0.05) is 30.3 Å². The summed E-state index contributed by atoms with van der Waals surface area (Å²) < 4.78 is 0. The Labute approximate surface area is 92.4 Å². The molecule has 1 aromatic rings. The molecule has 0 aliphatic heterocycles. The summed E-state index contributed by atoms with van der Waals surface area (Å²) in [7, 11) is 0. The van der Waals surface area contributed by atoms with Crippen LogP contribution in [0.5, 0.6) is 0 Å². The van der Waals surface area contributed by atoms with Gasteiger partial charge in [0.05, 0.1) is 5.92 Å². The van der Waals surface area contributed by atoms with E-state index in [1.807, 2.05) is 11.5 Å². The molecule has 0 bridgehead atoms. The van der Waals surface area contributed by atoms with E-state index >= 15 is 0 Å². The first kappa shape index (κ1) is 12.0. The molecule has 16 heavy (non-hydrogen) atoms. The van der Waals surface area contributed by atoms with Crippen molar-refractivity contribution in [3.05, 3.63) is 35.9 Å². The van der Waals surface area contributed by atoms with Crippen LogP contribution in [-0.2, 0) is 4.79 Å². The van der Waals surface area contributed by atoms with Crippen molar-refractivity contribution in [2.24, 2.45) is 5.84 Å². The average Bonchev–Trinajstić information content (AvgIpc) is 2.30. The van der Waals surface area contributed by atoms with E-state index in [0.717, 1.165) is 0 Å². The van der Waals surface area contributed by atoms with E-state index in [4.69, 9.17) is 10.9 Å². The average molecular weight is 223 g/mol. The molecule has 0 saturated heterocycles. The van der Waals surface area contributed by atoms with E-state index in [-0.39, 0.29) is 6.54 Å². The number of hydrogen-bond donors (Lipinski definition) is 4. The van der Waals surface area contributed by atoms with Gasteiger partial charge in [0.15, 0.2) is 0 Å². The highest BCUT2D eigenvalue weighted by Crippen LogP contribution is 2.14.